The number of benzene rings is 1. The van der Waals surface area contributed by atoms with Crippen LogP contribution in [0.15, 0.2) is 60.1 Å². The number of pyridine rings is 1. The van der Waals surface area contributed by atoms with Crippen LogP contribution in [0.25, 0.3) is 33.0 Å². The summed E-state index contributed by atoms with van der Waals surface area (Å²) in [5.41, 5.74) is 1.78. The fourth-order valence-corrected chi connectivity index (χ4v) is 10.0. The number of carbonyl (C=O) groups excluding carboxylic acids is 4. The van der Waals surface area contributed by atoms with Gasteiger partial charge in [0.15, 0.2) is 5.78 Å². The molecule has 3 aromatic heterocycles. The molecule has 0 spiro atoms. The van der Waals surface area contributed by atoms with Gasteiger partial charge in [-0.3, -0.25) is 28.7 Å². The molecule has 5 atom stereocenters. The quantitative estimate of drug-likeness (QED) is 0.129. The molecule has 0 bridgehead atoms. The number of hydrogen-bond donors (Lipinski definition) is 1. The average Bonchev–Trinajstić information content (AvgIpc) is 3.56. The Morgan fingerprint density at radius 3 is 2.55 bits per heavy atom. The third kappa shape index (κ3) is 9.79. The van der Waals surface area contributed by atoms with Crippen LogP contribution in [0.1, 0.15) is 98.4 Å². The summed E-state index contributed by atoms with van der Waals surface area (Å²) < 4.78 is 43.2. The van der Waals surface area contributed by atoms with E-state index in [0.717, 1.165) is 51.0 Å². The van der Waals surface area contributed by atoms with E-state index in [4.69, 9.17) is 19.4 Å². The standard InChI is InChI=1S/C45H57N7O8S2/c1-28(2)52-35-20-15-18-32(40-47-34(27-61-40)33-19-13-14-21-46-33)39(35)48-43(52)59-31-23-36-37(53)25-45(42(56)49-62(57,58)50(6)7)24-30(45)17-12-10-8-9-11-16-29(41(55)51(36)26-31)22-38(54)60-44(3,4)5/h12-15,17-21,27-31,36H,8-11,16,22-26H2,1-7H3,(H,49,56)/b17-12-/t29-,30-,31-,36+,45-/m1/s1. The predicted molar refractivity (Wildman–Crippen MR) is 236 cm³/mol. The van der Waals surface area contributed by atoms with Crippen molar-refractivity contribution in [2.75, 3.05) is 20.6 Å². The minimum absolute atomic E-state index is 0.0334. The number of hydrogen-bond acceptors (Lipinski definition) is 12. The number of nitrogens with zero attached hydrogens (tertiary/aromatic N) is 6. The van der Waals surface area contributed by atoms with Crippen molar-refractivity contribution in [3.8, 4) is 28.0 Å². The molecule has 2 amide bonds. The van der Waals surface area contributed by atoms with Gasteiger partial charge in [0.05, 0.1) is 35.6 Å². The number of aromatic nitrogens is 4. The van der Waals surface area contributed by atoms with E-state index in [1.54, 1.807) is 27.0 Å². The van der Waals surface area contributed by atoms with Crippen LogP contribution < -0.4 is 9.46 Å². The highest BCUT2D eigenvalue weighted by Crippen LogP contribution is 2.57. The van der Waals surface area contributed by atoms with Crippen LogP contribution in [0, 0.1) is 17.3 Å². The first-order valence-corrected chi connectivity index (χ1v) is 23.7. The van der Waals surface area contributed by atoms with Crippen LogP contribution >= 0.6 is 11.3 Å². The second-order valence-electron chi connectivity index (χ2n) is 18.1. The van der Waals surface area contributed by atoms with Crippen LogP contribution in [0.3, 0.4) is 0 Å². The Kier molecular flexibility index (Phi) is 13.1. The van der Waals surface area contributed by atoms with Crippen LogP contribution in [0.5, 0.6) is 6.01 Å². The molecule has 3 aliphatic rings. The number of amides is 2. The third-order valence-corrected chi connectivity index (χ3v) is 14.1. The maximum atomic E-state index is 14.8. The van der Waals surface area contributed by atoms with E-state index in [0.29, 0.717) is 24.4 Å². The van der Waals surface area contributed by atoms with E-state index in [1.165, 1.54) is 30.3 Å². The van der Waals surface area contributed by atoms with E-state index < -0.39 is 51.2 Å². The summed E-state index contributed by atoms with van der Waals surface area (Å²) in [6.07, 6.45) is 8.34. The lowest BCUT2D eigenvalue weighted by Crippen LogP contribution is -2.47. The summed E-state index contributed by atoms with van der Waals surface area (Å²) in [4.78, 5) is 72.6. The number of Topliss-reactive ketones (excluding diaryl/α,β-unsaturated/α-hetero) is 1. The normalized spacial score (nSPS) is 24.3. The van der Waals surface area contributed by atoms with Gasteiger partial charge in [-0.2, -0.15) is 17.7 Å². The molecule has 2 aliphatic heterocycles. The van der Waals surface area contributed by atoms with Crippen molar-refractivity contribution in [1.82, 2.24) is 33.4 Å². The lowest BCUT2D eigenvalue weighted by atomic mass is 9.90. The zero-order valence-corrected chi connectivity index (χ0v) is 38.1. The number of ether oxygens (including phenoxy) is 2. The van der Waals surface area contributed by atoms with Crippen LogP contribution in [-0.2, 0) is 34.1 Å². The SMILES string of the molecule is CC(C)n1c(O[C@@H]2C[C@H]3C(=O)C[C@]4(C(=O)NS(=O)(=O)N(C)C)C[C@H]4/C=C\CCCCC[C@H](CC(=O)OC(C)(C)C)C(=O)N3C2)nc2c(-c3nc(-c4ccccn4)cs3)cccc21. The molecule has 0 unspecified atom stereocenters. The lowest BCUT2D eigenvalue weighted by Gasteiger charge is -2.29. The van der Waals surface area contributed by atoms with Gasteiger partial charge in [0.25, 0.3) is 6.01 Å². The molecule has 17 heteroatoms. The van der Waals surface area contributed by atoms with Gasteiger partial charge in [-0.05, 0) is 90.5 Å². The van der Waals surface area contributed by atoms with Gasteiger partial charge in [-0.15, -0.1) is 11.3 Å². The molecule has 62 heavy (non-hydrogen) atoms. The lowest BCUT2D eigenvalue weighted by molar-refractivity contribution is -0.159. The first kappa shape index (κ1) is 45.0. The van der Waals surface area contributed by atoms with Crippen molar-refractivity contribution in [1.29, 1.82) is 0 Å². The first-order valence-electron chi connectivity index (χ1n) is 21.4. The summed E-state index contributed by atoms with van der Waals surface area (Å²) in [6.45, 7) is 9.41. The fourth-order valence-electron chi connectivity index (χ4n) is 8.55. The van der Waals surface area contributed by atoms with E-state index in [1.807, 2.05) is 72.3 Å². The van der Waals surface area contributed by atoms with Crippen molar-refractivity contribution < 1.29 is 37.1 Å². The molecule has 1 aromatic carbocycles. The number of thiazole rings is 1. The van der Waals surface area contributed by atoms with Crippen molar-refractivity contribution in [3.05, 3.63) is 60.1 Å². The number of fused-ring (bicyclic) bond motifs is 3. The van der Waals surface area contributed by atoms with E-state index in [-0.39, 0.29) is 55.9 Å². The molecule has 1 saturated carbocycles. The van der Waals surface area contributed by atoms with E-state index in [9.17, 15) is 27.6 Å². The summed E-state index contributed by atoms with van der Waals surface area (Å²) in [7, 11) is -1.50. The maximum absolute atomic E-state index is 14.8. The minimum atomic E-state index is -4.14. The molecule has 7 rings (SSSR count). The molecule has 0 radical (unpaired) electrons. The second-order valence-corrected chi connectivity index (χ2v) is 20.9. The zero-order chi connectivity index (χ0) is 44.6. The van der Waals surface area contributed by atoms with Gasteiger partial charge in [-0.25, -0.2) is 9.71 Å². The van der Waals surface area contributed by atoms with Crippen LogP contribution in [0.4, 0.5) is 0 Å². The monoisotopic (exact) mass is 887 g/mol. The van der Waals surface area contributed by atoms with Gasteiger partial charge in [0, 0.05) is 56.0 Å². The summed E-state index contributed by atoms with van der Waals surface area (Å²) in [5.74, 6) is -3.10. The number of carbonyl (C=O) groups is 4. The van der Waals surface area contributed by atoms with Crippen molar-refractivity contribution >= 4 is 56.1 Å². The predicted octanol–water partition coefficient (Wildman–Crippen LogP) is 6.91. The first-order chi connectivity index (χ1) is 29.4. The molecule has 15 nitrogen and oxygen atoms in total. The number of ketones is 1. The third-order valence-electron chi connectivity index (χ3n) is 11.8. The Morgan fingerprint density at radius 1 is 1.05 bits per heavy atom. The molecule has 332 valence electrons. The Labute approximate surface area is 367 Å². The minimum Gasteiger partial charge on any atom is -0.460 e. The van der Waals surface area contributed by atoms with Crippen molar-refractivity contribution in [2.45, 2.75) is 116 Å². The molecule has 1 N–H and O–H groups in total. The number of nitrogens with one attached hydrogen (secondary N) is 1. The number of allylic oxidation sites excluding steroid dienone is 2. The maximum Gasteiger partial charge on any atom is 0.307 e. The van der Waals surface area contributed by atoms with E-state index >= 15 is 0 Å². The van der Waals surface area contributed by atoms with Crippen molar-refractivity contribution in [3.63, 3.8) is 0 Å². The molecule has 1 aliphatic carbocycles. The fraction of sp³-hybridized carbons (Fsp3) is 0.533. The van der Waals surface area contributed by atoms with Gasteiger partial charge < -0.3 is 14.4 Å². The van der Waals surface area contributed by atoms with Gasteiger partial charge in [0.1, 0.15) is 27.9 Å². The largest absolute Gasteiger partial charge is 0.460 e. The second kappa shape index (κ2) is 18.0. The Morgan fingerprint density at radius 2 is 1.84 bits per heavy atom. The van der Waals surface area contributed by atoms with Crippen LogP contribution in [-0.4, -0.2) is 99.1 Å². The topological polar surface area (TPSA) is 183 Å². The number of esters is 1. The molecule has 2 fully saturated rings. The Balaban J connectivity index is 1.23. The number of rotatable bonds is 10. The van der Waals surface area contributed by atoms with Gasteiger partial charge >= 0.3 is 16.2 Å². The highest BCUT2D eigenvalue weighted by molar-refractivity contribution is 7.87. The average molecular weight is 888 g/mol. The van der Waals surface area contributed by atoms with E-state index in [2.05, 4.69) is 9.71 Å². The molecular formula is C45H57N7O8S2. The zero-order valence-electron chi connectivity index (χ0n) is 36.5. The number of imidazole rings is 1. The molecule has 1 saturated heterocycles. The molecule has 5 heterocycles. The summed E-state index contributed by atoms with van der Waals surface area (Å²) >= 11 is 1.49. The highest BCUT2D eigenvalue weighted by Gasteiger charge is 2.61. The summed E-state index contributed by atoms with van der Waals surface area (Å²) in [5, 5.41) is 2.73. The van der Waals surface area contributed by atoms with Gasteiger partial charge in [-0.1, -0.05) is 37.1 Å². The Bertz CT molecular complexity index is 2460. The smallest absolute Gasteiger partial charge is 0.307 e. The number of para-hydroxylation sites is 1. The van der Waals surface area contributed by atoms with Crippen LogP contribution in [0.2, 0.25) is 0 Å². The molecular weight excluding hydrogens is 831 g/mol. The Hall–Kier alpha value is -5.00. The highest BCUT2D eigenvalue weighted by atomic mass is 32.2. The molecule has 4 aromatic rings. The van der Waals surface area contributed by atoms with Gasteiger partial charge in [0.2, 0.25) is 11.8 Å². The van der Waals surface area contributed by atoms with Crippen molar-refractivity contribution in [2.24, 2.45) is 17.3 Å². The summed E-state index contributed by atoms with van der Waals surface area (Å²) in [6, 6.07) is 10.8.